The molecule has 0 bridgehead atoms. The fraction of sp³-hybridized carbons (Fsp3) is 1.00. The minimum absolute atomic E-state index is 0.207. The van der Waals surface area contributed by atoms with Crippen LogP contribution < -0.4 is 10.0 Å². The topological polar surface area (TPSA) is 67.4 Å². The Bertz CT molecular complexity index is 360. The van der Waals surface area contributed by atoms with E-state index in [0.29, 0.717) is 19.1 Å². The highest BCUT2D eigenvalue weighted by atomic mass is 32.2. The first-order valence-corrected chi connectivity index (χ1v) is 8.42. The Morgan fingerprint density at radius 3 is 2.78 bits per heavy atom. The predicted octanol–water partition coefficient (Wildman–Crippen LogP) is 0.475. The molecule has 0 spiro atoms. The summed E-state index contributed by atoms with van der Waals surface area (Å²) in [6, 6.07) is 0. The van der Waals surface area contributed by atoms with Gasteiger partial charge in [0.25, 0.3) is 0 Å². The summed E-state index contributed by atoms with van der Waals surface area (Å²) in [7, 11) is -1.47. The minimum atomic E-state index is -3.13. The lowest BCUT2D eigenvalue weighted by atomic mass is 9.99. The molecular weight excluding hydrogens is 252 g/mol. The van der Waals surface area contributed by atoms with Gasteiger partial charge in [-0.1, -0.05) is 12.8 Å². The molecule has 1 aliphatic heterocycles. The SMILES string of the molecule is COCC1(CNS(=O)(=O)CCC2CC2)CCCN1. The number of sulfonamides is 1. The van der Waals surface area contributed by atoms with Crippen molar-refractivity contribution in [1.82, 2.24) is 10.0 Å². The van der Waals surface area contributed by atoms with Crippen molar-refractivity contribution in [2.75, 3.05) is 32.6 Å². The van der Waals surface area contributed by atoms with Crippen molar-refractivity contribution in [2.24, 2.45) is 5.92 Å². The van der Waals surface area contributed by atoms with Gasteiger partial charge in [-0.25, -0.2) is 13.1 Å². The van der Waals surface area contributed by atoms with Gasteiger partial charge in [0.2, 0.25) is 10.0 Å². The zero-order valence-corrected chi connectivity index (χ0v) is 11.9. The first-order chi connectivity index (χ1) is 8.55. The van der Waals surface area contributed by atoms with E-state index in [1.54, 1.807) is 7.11 Å². The highest BCUT2D eigenvalue weighted by molar-refractivity contribution is 7.89. The molecule has 106 valence electrons. The number of hydrogen-bond donors (Lipinski definition) is 2. The Balaban J connectivity index is 1.80. The summed E-state index contributed by atoms with van der Waals surface area (Å²) in [4.78, 5) is 0. The first-order valence-electron chi connectivity index (χ1n) is 6.77. The molecule has 1 saturated heterocycles. The van der Waals surface area contributed by atoms with Crippen molar-refractivity contribution in [1.29, 1.82) is 0 Å². The van der Waals surface area contributed by atoms with Crippen molar-refractivity contribution in [2.45, 2.75) is 37.6 Å². The van der Waals surface area contributed by atoms with Crippen LogP contribution in [0.2, 0.25) is 0 Å². The summed E-state index contributed by atoms with van der Waals surface area (Å²) in [6.07, 6.45) is 5.24. The molecule has 0 radical (unpaired) electrons. The van der Waals surface area contributed by atoms with E-state index in [4.69, 9.17) is 4.74 Å². The van der Waals surface area contributed by atoms with Crippen molar-refractivity contribution in [3.63, 3.8) is 0 Å². The van der Waals surface area contributed by atoms with Gasteiger partial charge < -0.3 is 10.1 Å². The molecule has 1 aliphatic carbocycles. The van der Waals surface area contributed by atoms with Crippen LogP contribution in [0.4, 0.5) is 0 Å². The number of ether oxygens (including phenoxy) is 1. The maximum absolute atomic E-state index is 11.9. The molecule has 1 unspecified atom stereocenters. The molecule has 1 saturated carbocycles. The van der Waals surface area contributed by atoms with E-state index in [1.165, 1.54) is 12.8 Å². The first kappa shape index (κ1) is 14.2. The second kappa shape index (κ2) is 5.86. The molecule has 0 aromatic heterocycles. The van der Waals surface area contributed by atoms with Crippen LogP contribution in [0.25, 0.3) is 0 Å². The molecule has 0 aromatic carbocycles. The molecule has 1 atom stereocenters. The fourth-order valence-corrected chi connectivity index (χ4v) is 3.80. The standard InChI is InChI=1S/C12H24N2O3S/c1-17-10-12(6-2-7-13-12)9-14-18(15,16)8-5-11-3-4-11/h11,13-14H,2-10H2,1H3. The predicted molar refractivity (Wildman–Crippen MR) is 71.0 cm³/mol. The summed E-state index contributed by atoms with van der Waals surface area (Å²) in [6.45, 7) is 1.93. The smallest absolute Gasteiger partial charge is 0.211 e. The van der Waals surface area contributed by atoms with Crippen LogP contribution in [-0.4, -0.2) is 46.5 Å². The van der Waals surface area contributed by atoms with E-state index in [-0.39, 0.29) is 11.3 Å². The molecule has 1 heterocycles. The summed E-state index contributed by atoms with van der Waals surface area (Å²) in [5.74, 6) is 0.917. The van der Waals surface area contributed by atoms with Crippen molar-refractivity contribution < 1.29 is 13.2 Å². The number of nitrogens with one attached hydrogen (secondary N) is 2. The molecule has 5 nitrogen and oxygen atoms in total. The molecule has 6 heteroatoms. The lowest BCUT2D eigenvalue weighted by Crippen LogP contribution is -2.53. The molecule has 0 amide bonds. The van der Waals surface area contributed by atoms with Crippen LogP contribution >= 0.6 is 0 Å². The molecule has 2 N–H and O–H groups in total. The Hall–Kier alpha value is -0.170. The third-order valence-electron chi connectivity index (χ3n) is 3.87. The molecule has 2 fully saturated rings. The number of hydrogen-bond acceptors (Lipinski definition) is 4. The fourth-order valence-electron chi connectivity index (χ4n) is 2.52. The van der Waals surface area contributed by atoms with Crippen LogP contribution in [0.1, 0.15) is 32.1 Å². The van der Waals surface area contributed by atoms with E-state index < -0.39 is 10.0 Å². The quantitative estimate of drug-likeness (QED) is 0.676. The summed E-state index contributed by atoms with van der Waals surface area (Å²) < 4.78 is 31.7. The van der Waals surface area contributed by atoms with Gasteiger partial charge in [0, 0.05) is 13.7 Å². The molecule has 2 aliphatic rings. The maximum Gasteiger partial charge on any atom is 0.211 e. The van der Waals surface area contributed by atoms with Gasteiger partial charge in [0.05, 0.1) is 17.9 Å². The Morgan fingerprint density at radius 1 is 1.44 bits per heavy atom. The largest absolute Gasteiger partial charge is 0.383 e. The van der Waals surface area contributed by atoms with E-state index in [1.807, 2.05) is 0 Å². The molecule has 18 heavy (non-hydrogen) atoms. The summed E-state index contributed by atoms with van der Waals surface area (Å²) in [5, 5.41) is 3.37. The van der Waals surface area contributed by atoms with E-state index in [0.717, 1.165) is 25.8 Å². The highest BCUT2D eigenvalue weighted by Gasteiger charge is 2.34. The van der Waals surface area contributed by atoms with E-state index >= 15 is 0 Å². The highest BCUT2D eigenvalue weighted by Crippen LogP contribution is 2.32. The Labute approximate surface area is 110 Å². The Kier molecular flexibility index (Phi) is 4.64. The van der Waals surface area contributed by atoms with E-state index in [9.17, 15) is 8.42 Å². The normalized spacial score (nSPS) is 28.7. The summed E-state index contributed by atoms with van der Waals surface area (Å²) in [5.41, 5.74) is -0.207. The van der Waals surface area contributed by atoms with Crippen molar-refractivity contribution >= 4 is 10.0 Å². The maximum atomic E-state index is 11.9. The minimum Gasteiger partial charge on any atom is -0.383 e. The van der Waals surface area contributed by atoms with Gasteiger partial charge >= 0.3 is 0 Å². The lowest BCUT2D eigenvalue weighted by Gasteiger charge is -2.28. The van der Waals surface area contributed by atoms with Gasteiger partial charge in [0.1, 0.15) is 0 Å². The van der Waals surface area contributed by atoms with Crippen LogP contribution in [0.15, 0.2) is 0 Å². The molecular formula is C12H24N2O3S. The van der Waals surface area contributed by atoms with Crippen LogP contribution in [0.5, 0.6) is 0 Å². The van der Waals surface area contributed by atoms with Crippen LogP contribution in [0, 0.1) is 5.92 Å². The van der Waals surface area contributed by atoms with Gasteiger partial charge in [-0.2, -0.15) is 0 Å². The Morgan fingerprint density at radius 2 is 2.22 bits per heavy atom. The monoisotopic (exact) mass is 276 g/mol. The molecule has 0 aromatic rings. The van der Waals surface area contributed by atoms with Gasteiger partial charge in [-0.3, -0.25) is 0 Å². The lowest BCUT2D eigenvalue weighted by molar-refractivity contribution is 0.122. The van der Waals surface area contributed by atoms with Crippen LogP contribution in [0.3, 0.4) is 0 Å². The van der Waals surface area contributed by atoms with Gasteiger partial charge in [-0.15, -0.1) is 0 Å². The summed E-state index contributed by atoms with van der Waals surface area (Å²) >= 11 is 0. The van der Waals surface area contributed by atoms with Crippen molar-refractivity contribution in [3.8, 4) is 0 Å². The zero-order valence-electron chi connectivity index (χ0n) is 11.1. The van der Waals surface area contributed by atoms with E-state index in [2.05, 4.69) is 10.0 Å². The second-order valence-electron chi connectivity index (χ2n) is 5.62. The average molecular weight is 276 g/mol. The average Bonchev–Trinajstić information content (AvgIpc) is 3.05. The molecule has 2 rings (SSSR count). The van der Waals surface area contributed by atoms with Crippen LogP contribution in [-0.2, 0) is 14.8 Å². The zero-order chi connectivity index (χ0) is 13.1. The van der Waals surface area contributed by atoms with Gasteiger partial charge in [-0.05, 0) is 31.7 Å². The second-order valence-corrected chi connectivity index (χ2v) is 7.54. The van der Waals surface area contributed by atoms with Crippen molar-refractivity contribution in [3.05, 3.63) is 0 Å². The number of methoxy groups -OCH3 is 1. The van der Waals surface area contributed by atoms with Gasteiger partial charge in [0.15, 0.2) is 0 Å². The number of rotatable bonds is 8. The third-order valence-corrected chi connectivity index (χ3v) is 5.23. The third kappa shape index (κ3) is 4.19.